The molecule has 0 aliphatic carbocycles. The van der Waals surface area contributed by atoms with Gasteiger partial charge in [-0.05, 0) is 49.2 Å². The van der Waals surface area contributed by atoms with Crippen molar-refractivity contribution >= 4 is 11.7 Å². The number of aryl methyl sites for hydroxylation is 2. The van der Waals surface area contributed by atoms with E-state index >= 15 is 0 Å². The smallest absolute Gasteiger partial charge is 0.268 e. The van der Waals surface area contributed by atoms with Crippen LogP contribution in [-0.4, -0.2) is 35.3 Å². The van der Waals surface area contributed by atoms with E-state index in [-0.39, 0.29) is 17.9 Å². The molecule has 0 bridgehead atoms. The second-order valence-electron chi connectivity index (χ2n) is 6.94. The van der Waals surface area contributed by atoms with E-state index < -0.39 is 5.91 Å². The van der Waals surface area contributed by atoms with Crippen molar-refractivity contribution in [1.29, 1.82) is 0 Å². The summed E-state index contributed by atoms with van der Waals surface area (Å²) in [4.78, 5) is 30.0. The topological polar surface area (TPSA) is 94.5 Å². The van der Waals surface area contributed by atoms with Crippen molar-refractivity contribution < 1.29 is 14.3 Å². The van der Waals surface area contributed by atoms with E-state index in [4.69, 9.17) is 9.47 Å². The molecule has 0 fully saturated rings. The summed E-state index contributed by atoms with van der Waals surface area (Å²) in [5.74, 6) is 1.56. The molecule has 154 valence electrons. The largest absolute Gasteiger partial charge is 0.454 e. The van der Waals surface area contributed by atoms with Gasteiger partial charge in [0, 0.05) is 31.5 Å². The summed E-state index contributed by atoms with van der Waals surface area (Å²) in [6.45, 7) is 4.70. The van der Waals surface area contributed by atoms with E-state index in [2.05, 4.69) is 15.6 Å². The Hall–Kier alpha value is -3.81. The number of carbonyl (C=O) groups is 1. The molecular formula is C22H22N4O4. The zero-order chi connectivity index (χ0) is 21.1. The van der Waals surface area contributed by atoms with Gasteiger partial charge < -0.3 is 20.1 Å². The van der Waals surface area contributed by atoms with E-state index in [9.17, 15) is 9.59 Å². The lowest BCUT2D eigenvalue weighted by Gasteiger charge is -2.12. The highest BCUT2D eigenvalue weighted by molar-refractivity contribution is 5.95. The number of pyridine rings is 2. The van der Waals surface area contributed by atoms with Crippen LogP contribution < -0.4 is 25.7 Å². The van der Waals surface area contributed by atoms with E-state index in [0.29, 0.717) is 35.8 Å². The SMILES string of the molecule is Cc1cccnc1NCCNC(=O)c1c(C)ccn(-c2ccc3c(c2)OCO3)c1=O. The zero-order valence-corrected chi connectivity index (χ0v) is 16.8. The summed E-state index contributed by atoms with van der Waals surface area (Å²) in [6, 6.07) is 10.8. The Kier molecular flexibility index (Phi) is 5.38. The highest BCUT2D eigenvalue weighted by Gasteiger charge is 2.18. The number of ether oxygens (including phenoxy) is 2. The third-order valence-corrected chi connectivity index (χ3v) is 4.87. The third-order valence-electron chi connectivity index (χ3n) is 4.87. The first-order chi connectivity index (χ1) is 14.5. The lowest BCUT2D eigenvalue weighted by atomic mass is 10.1. The molecule has 3 aromatic rings. The molecule has 1 aliphatic rings. The Balaban J connectivity index is 1.48. The van der Waals surface area contributed by atoms with Crippen LogP contribution in [0.25, 0.3) is 5.69 Å². The minimum Gasteiger partial charge on any atom is -0.454 e. The van der Waals surface area contributed by atoms with Gasteiger partial charge in [0.25, 0.3) is 11.5 Å². The van der Waals surface area contributed by atoms with E-state index in [0.717, 1.165) is 11.4 Å². The summed E-state index contributed by atoms with van der Waals surface area (Å²) < 4.78 is 12.1. The second kappa shape index (κ2) is 8.28. The molecule has 2 aromatic heterocycles. The molecule has 0 saturated heterocycles. The van der Waals surface area contributed by atoms with Crippen LogP contribution in [0.3, 0.4) is 0 Å². The number of hydrogen-bond acceptors (Lipinski definition) is 6. The van der Waals surface area contributed by atoms with Gasteiger partial charge in [-0.25, -0.2) is 4.98 Å². The molecule has 0 saturated carbocycles. The number of benzene rings is 1. The van der Waals surface area contributed by atoms with Crippen LogP contribution in [0.2, 0.25) is 0 Å². The maximum atomic E-state index is 13.0. The van der Waals surface area contributed by atoms with Gasteiger partial charge in [-0.2, -0.15) is 0 Å². The maximum Gasteiger partial charge on any atom is 0.268 e. The van der Waals surface area contributed by atoms with Crippen LogP contribution in [0.15, 0.2) is 53.6 Å². The Labute approximate surface area is 173 Å². The molecule has 3 heterocycles. The molecular weight excluding hydrogens is 384 g/mol. The minimum atomic E-state index is -0.410. The lowest BCUT2D eigenvalue weighted by molar-refractivity contribution is 0.0952. The van der Waals surface area contributed by atoms with Crippen LogP contribution in [-0.2, 0) is 0 Å². The van der Waals surface area contributed by atoms with Crippen LogP contribution in [0.1, 0.15) is 21.5 Å². The van der Waals surface area contributed by atoms with Gasteiger partial charge in [-0.1, -0.05) is 6.07 Å². The van der Waals surface area contributed by atoms with Crippen LogP contribution >= 0.6 is 0 Å². The average Bonchev–Trinajstić information content (AvgIpc) is 3.20. The summed E-state index contributed by atoms with van der Waals surface area (Å²) in [6.07, 6.45) is 3.36. The third kappa shape index (κ3) is 3.84. The highest BCUT2D eigenvalue weighted by Crippen LogP contribution is 2.33. The first-order valence-corrected chi connectivity index (χ1v) is 9.60. The van der Waals surface area contributed by atoms with Gasteiger partial charge >= 0.3 is 0 Å². The van der Waals surface area contributed by atoms with Crippen LogP contribution in [0.4, 0.5) is 5.82 Å². The number of carbonyl (C=O) groups excluding carboxylic acids is 1. The van der Waals surface area contributed by atoms with Crippen molar-refractivity contribution in [2.24, 2.45) is 0 Å². The summed E-state index contributed by atoms with van der Waals surface area (Å²) in [7, 11) is 0. The maximum absolute atomic E-state index is 13.0. The minimum absolute atomic E-state index is 0.115. The Morgan fingerprint density at radius 1 is 1.10 bits per heavy atom. The van der Waals surface area contributed by atoms with Gasteiger partial charge in [-0.3, -0.25) is 14.2 Å². The van der Waals surface area contributed by atoms with Crippen molar-refractivity contribution in [3.63, 3.8) is 0 Å². The molecule has 0 atom stereocenters. The summed E-state index contributed by atoms with van der Waals surface area (Å²) >= 11 is 0. The Morgan fingerprint density at radius 2 is 1.93 bits per heavy atom. The Morgan fingerprint density at radius 3 is 2.77 bits per heavy atom. The summed E-state index contributed by atoms with van der Waals surface area (Å²) in [5.41, 5.74) is 1.96. The molecule has 0 radical (unpaired) electrons. The number of anilines is 1. The number of fused-ring (bicyclic) bond motifs is 1. The van der Waals surface area contributed by atoms with Crippen molar-refractivity contribution in [2.45, 2.75) is 13.8 Å². The zero-order valence-electron chi connectivity index (χ0n) is 16.8. The normalized spacial score (nSPS) is 11.9. The molecule has 2 N–H and O–H groups in total. The number of hydrogen-bond donors (Lipinski definition) is 2. The van der Waals surface area contributed by atoms with Gasteiger partial charge in [0.2, 0.25) is 6.79 Å². The highest BCUT2D eigenvalue weighted by atomic mass is 16.7. The van der Waals surface area contributed by atoms with Crippen LogP contribution in [0.5, 0.6) is 11.5 Å². The monoisotopic (exact) mass is 406 g/mol. The molecule has 1 aliphatic heterocycles. The molecule has 1 amide bonds. The number of nitrogens with one attached hydrogen (secondary N) is 2. The number of amides is 1. The fraction of sp³-hybridized carbons (Fsp3) is 0.227. The fourth-order valence-corrected chi connectivity index (χ4v) is 3.26. The predicted octanol–water partition coefficient (Wildman–Crippen LogP) is 2.42. The number of rotatable bonds is 6. The molecule has 4 rings (SSSR count). The molecule has 8 nitrogen and oxygen atoms in total. The molecule has 8 heteroatoms. The quantitative estimate of drug-likeness (QED) is 0.611. The van der Waals surface area contributed by atoms with Gasteiger partial charge in [0.1, 0.15) is 11.4 Å². The van der Waals surface area contributed by atoms with Gasteiger partial charge in [-0.15, -0.1) is 0 Å². The van der Waals surface area contributed by atoms with Gasteiger partial charge in [0.05, 0.1) is 5.69 Å². The Bertz CT molecular complexity index is 1160. The fourth-order valence-electron chi connectivity index (χ4n) is 3.26. The molecule has 0 unspecified atom stereocenters. The van der Waals surface area contributed by atoms with Crippen molar-refractivity contribution in [3.8, 4) is 17.2 Å². The number of aromatic nitrogens is 2. The predicted molar refractivity (Wildman–Crippen MR) is 113 cm³/mol. The first-order valence-electron chi connectivity index (χ1n) is 9.60. The first kappa shape index (κ1) is 19.5. The van der Waals surface area contributed by atoms with Crippen molar-refractivity contribution in [3.05, 3.63) is 75.8 Å². The second-order valence-corrected chi connectivity index (χ2v) is 6.94. The van der Waals surface area contributed by atoms with Gasteiger partial charge in [0.15, 0.2) is 11.5 Å². The summed E-state index contributed by atoms with van der Waals surface area (Å²) in [5, 5.41) is 5.98. The number of nitrogens with zero attached hydrogens (tertiary/aromatic N) is 2. The van der Waals surface area contributed by atoms with Crippen molar-refractivity contribution in [1.82, 2.24) is 14.9 Å². The average molecular weight is 406 g/mol. The van der Waals surface area contributed by atoms with E-state index in [1.165, 1.54) is 4.57 Å². The molecule has 0 spiro atoms. The molecule has 1 aromatic carbocycles. The van der Waals surface area contributed by atoms with E-state index in [1.54, 1.807) is 43.6 Å². The van der Waals surface area contributed by atoms with Crippen LogP contribution in [0, 0.1) is 13.8 Å². The lowest BCUT2D eigenvalue weighted by Crippen LogP contribution is -2.35. The standard InChI is InChI=1S/C22H22N4O4/c1-14-7-11-26(16-5-6-17-18(12-16)30-13-29-17)22(28)19(14)21(27)25-10-9-24-20-15(2)4-3-8-23-20/h3-8,11-12H,9-10,13H2,1-2H3,(H,23,24)(H,25,27). The van der Waals surface area contributed by atoms with Crippen molar-refractivity contribution in [2.75, 3.05) is 25.2 Å². The molecule has 30 heavy (non-hydrogen) atoms. The van der Waals surface area contributed by atoms with E-state index in [1.807, 2.05) is 19.1 Å².